The van der Waals surface area contributed by atoms with E-state index in [1.54, 1.807) is 36.4 Å². The Balaban J connectivity index is 1.53. The molecule has 1 N–H and O–H groups in total. The first-order valence-electron chi connectivity index (χ1n) is 9.36. The number of carbonyl (C=O) groups excluding carboxylic acids is 2. The number of rotatable bonds is 8. The van der Waals surface area contributed by atoms with Crippen molar-refractivity contribution in [2.45, 2.75) is 19.8 Å². The molecule has 3 aromatic rings. The molecule has 0 atom stereocenters. The molecule has 29 heavy (non-hydrogen) atoms. The summed E-state index contributed by atoms with van der Waals surface area (Å²) in [5.74, 6) is 1.61. The van der Waals surface area contributed by atoms with Crippen LogP contribution in [-0.2, 0) is 4.79 Å². The molecule has 0 saturated heterocycles. The van der Waals surface area contributed by atoms with Gasteiger partial charge in [-0.3, -0.25) is 9.59 Å². The summed E-state index contributed by atoms with van der Waals surface area (Å²) in [6, 6.07) is 22.0. The SMILES string of the molecule is COc1ccc(C)cc1C(=O)CCC(=O)Nc1ccc(Oc2ccccc2)cc1. The second-order valence-electron chi connectivity index (χ2n) is 6.61. The highest BCUT2D eigenvalue weighted by Gasteiger charge is 2.14. The van der Waals surface area contributed by atoms with Gasteiger partial charge in [-0.1, -0.05) is 29.8 Å². The number of methoxy groups -OCH3 is 1. The van der Waals surface area contributed by atoms with Crippen molar-refractivity contribution < 1.29 is 19.1 Å². The zero-order valence-corrected chi connectivity index (χ0v) is 16.5. The number of carbonyl (C=O) groups is 2. The van der Waals surface area contributed by atoms with Crippen LogP contribution in [0.5, 0.6) is 17.2 Å². The molecule has 0 spiro atoms. The van der Waals surface area contributed by atoms with Crippen LogP contribution < -0.4 is 14.8 Å². The number of nitrogens with one attached hydrogen (secondary N) is 1. The highest BCUT2D eigenvalue weighted by atomic mass is 16.5. The number of amides is 1. The Kier molecular flexibility index (Phi) is 6.63. The van der Waals surface area contributed by atoms with Gasteiger partial charge in [0, 0.05) is 18.5 Å². The Morgan fingerprint density at radius 2 is 1.55 bits per heavy atom. The first-order valence-corrected chi connectivity index (χ1v) is 9.36. The van der Waals surface area contributed by atoms with Crippen LogP contribution >= 0.6 is 0 Å². The lowest BCUT2D eigenvalue weighted by molar-refractivity contribution is -0.116. The Bertz CT molecular complexity index is 982. The van der Waals surface area contributed by atoms with Gasteiger partial charge in [-0.25, -0.2) is 0 Å². The topological polar surface area (TPSA) is 64.6 Å². The molecule has 3 aromatic carbocycles. The van der Waals surface area contributed by atoms with Crippen LogP contribution in [0.3, 0.4) is 0 Å². The van der Waals surface area contributed by atoms with Gasteiger partial charge in [0.1, 0.15) is 17.2 Å². The number of para-hydroxylation sites is 1. The van der Waals surface area contributed by atoms with Crippen molar-refractivity contribution in [2.24, 2.45) is 0 Å². The van der Waals surface area contributed by atoms with E-state index in [1.165, 1.54) is 7.11 Å². The standard InChI is InChI=1S/C24H23NO4/c1-17-8-14-23(28-2)21(16-17)22(26)13-15-24(27)25-18-9-11-20(12-10-18)29-19-6-4-3-5-7-19/h3-12,14,16H,13,15H2,1-2H3,(H,25,27). The van der Waals surface area contributed by atoms with Crippen LogP contribution in [0.1, 0.15) is 28.8 Å². The fraction of sp³-hybridized carbons (Fsp3) is 0.167. The second-order valence-corrected chi connectivity index (χ2v) is 6.61. The fourth-order valence-corrected chi connectivity index (χ4v) is 2.86. The van der Waals surface area contributed by atoms with E-state index in [9.17, 15) is 9.59 Å². The van der Waals surface area contributed by atoms with E-state index in [2.05, 4.69) is 5.32 Å². The Labute approximate surface area is 170 Å². The van der Waals surface area contributed by atoms with Gasteiger partial charge >= 0.3 is 0 Å². The molecule has 0 aliphatic rings. The zero-order chi connectivity index (χ0) is 20.6. The minimum Gasteiger partial charge on any atom is -0.496 e. The van der Waals surface area contributed by atoms with E-state index >= 15 is 0 Å². The number of ketones is 1. The Morgan fingerprint density at radius 3 is 2.24 bits per heavy atom. The van der Waals surface area contributed by atoms with Crippen molar-refractivity contribution in [1.29, 1.82) is 0 Å². The van der Waals surface area contributed by atoms with Crippen LogP contribution in [0, 0.1) is 6.92 Å². The largest absolute Gasteiger partial charge is 0.496 e. The van der Waals surface area contributed by atoms with Crippen molar-refractivity contribution in [1.82, 2.24) is 0 Å². The van der Waals surface area contributed by atoms with Gasteiger partial charge in [0.15, 0.2) is 5.78 Å². The third kappa shape index (κ3) is 5.69. The molecule has 1 amide bonds. The average molecular weight is 389 g/mol. The molecule has 0 aliphatic carbocycles. The number of benzene rings is 3. The maximum Gasteiger partial charge on any atom is 0.224 e. The summed E-state index contributed by atoms with van der Waals surface area (Å²) >= 11 is 0. The molecule has 5 nitrogen and oxygen atoms in total. The van der Waals surface area contributed by atoms with Crippen LogP contribution in [-0.4, -0.2) is 18.8 Å². The lowest BCUT2D eigenvalue weighted by Gasteiger charge is -2.10. The number of Topliss-reactive ketones (excluding diaryl/α,β-unsaturated/α-hetero) is 1. The van der Waals surface area contributed by atoms with Crippen LogP contribution in [0.4, 0.5) is 5.69 Å². The fourth-order valence-electron chi connectivity index (χ4n) is 2.86. The molecule has 0 radical (unpaired) electrons. The Morgan fingerprint density at radius 1 is 0.862 bits per heavy atom. The van der Waals surface area contributed by atoms with Crippen LogP contribution in [0.2, 0.25) is 0 Å². The van der Waals surface area contributed by atoms with Crippen molar-refractivity contribution in [2.75, 3.05) is 12.4 Å². The normalized spacial score (nSPS) is 10.3. The van der Waals surface area contributed by atoms with Crippen LogP contribution in [0.25, 0.3) is 0 Å². The van der Waals surface area contributed by atoms with E-state index in [4.69, 9.17) is 9.47 Å². The third-order valence-corrected chi connectivity index (χ3v) is 4.35. The number of hydrogen-bond acceptors (Lipinski definition) is 4. The molecular weight excluding hydrogens is 366 g/mol. The molecule has 0 heterocycles. The minimum atomic E-state index is -0.221. The van der Waals surface area contributed by atoms with Crippen molar-refractivity contribution >= 4 is 17.4 Å². The maximum atomic E-state index is 12.5. The quantitative estimate of drug-likeness (QED) is 0.524. The van der Waals surface area contributed by atoms with Crippen molar-refractivity contribution in [3.05, 3.63) is 83.9 Å². The molecule has 148 valence electrons. The maximum absolute atomic E-state index is 12.5. The molecule has 0 bridgehead atoms. The molecule has 0 saturated carbocycles. The van der Waals surface area contributed by atoms with Crippen LogP contribution in [0.15, 0.2) is 72.8 Å². The van der Waals surface area contributed by atoms with Gasteiger partial charge < -0.3 is 14.8 Å². The van der Waals surface area contributed by atoms with Gasteiger partial charge in [-0.05, 0) is 55.5 Å². The number of ether oxygens (including phenoxy) is 2. The smallest absolute Gasteiger partial charge is 0.224 e. The third-order valence-electron chi connectivity index (χ3n) is 4.35. The zero-order valence-electron chi connectivity index (χ0n) is 16.5. The minimum absolute atomic E-state index is 0.0954. The van der Waals surface area contributed by atoms with E-state index in [0.29, 0.717) is 22.7 Å². The first kappa shape index (κ1) is 20.1. The number of hydrogen-bond donors (Lipinski definition) is 1. The van der Waals surface area contributed by atoms with Gasteiger partial charge in [0.2, 0.25) is 5.91 Å². The highest BCUT2D eigenvalue weighted by molar-refractivity contribution is 6.01. The molecule has 3 rings (SSSR count). The summed E-state index contributed by atoms with van der Waals surface area (Å²) in [5, 5.41) is 2.80. The average Bonchev–Trinajstić information content (AvgIpc) is 2.74. The summed E-state index contributed by atoms with van der Waals surface area (Å²) in [6.07, 6.45) is 0.207. The summed E-state index contributed by atoms with van der Waals surface area (Å²) in [6.45, 7) is 1.91. The predicted octanol–water partition coefficient (Wildman–Crippen LogP) is 5.40. The van der Waals surface area contributed by atoms with Gasteiger partial charge in [0.25, 0.3) is 0 Å². The van der Waals surface area contributed by atoms with E-state index in [-0.39, 0.29) is 24.5 Å². The Hall–Kier alpha value is -3.60. The molecule has 0 unspecified atom stereocenters. The lowest BCUT2D eigenvalue weighted by Crippen LogP contribution is -2.14. The van der Waals surface area contributed by atoms with E-state index < -0.39 is 0 Å². The van der Waals surface area contributed by atoms with Crippen molar-refractivity contribution in [3.63, 3.8) is 0 Å². The van der Waals surface area contributed by atoms with E-state index in [0.717, 1.165) is 11.3 Å². The predicted molar refractivity (Wildman–Crippen MR) is 113 cm³/mol. The van der Waals surface area contributed by atoms with Gasteiger partial charge in [-0.2, -0.15) is 0 Å². The van der Waals surface area contributed by atoms with Gasteiger partial charge in [-0.15, -0.1) is 0 Å². The molecule has 0 aromatic heterocycles. The lowest BCUT2D eigenvalue weighted by atomic mass is 10.0. The van der Waals surface area contributed by atoms with Crippen molar-refractivity contribution in [3.8, 4) is 17.2 Å². The molecule has 5 heteroatoms. The summed E-state index contributed by atoms with van der Waals surface area (Å²) in [7, 11) is 1.53. The summed E-state index contributed by atoms with van der Waals surface area (Å²) in [4.78, 5) is 24.7. The van der Waals surface area contributed by atoms with Gasteiger partial charge in [0.05, 0.1) is 12.7 Å². The number of aryl methyl sites for hydroxylation is 1. The monoisotopic (exact) mass is 389 g/mol. The molecule has 0 fully saturated rings. The molecule has 0 aliphatic heterocycles. The highest BCUT2D eigenvalue weighted by Crippen LogP contribution is 2.24. The molecular formula is C24H23NO4. The summed E-state index contributed by atoms with van der Waals surface area (Å²) in [5.41, 5.74) is 2.12. The second kappa shape index (κ2) is 9.55. The number of anilines is 1. The van der Waals surface area contributed by atoms with E-state index in [1.807, 2.05) is 43.3 Å². The first-order chi connectivity index (χ1) is 14.0. The summed E-state index contributed by atoms with van der Waals surface area (Å²) < 4.78 is 11.0.